The van der Waals surface area contributed by atoms with Gasteiger partial charge in [-0.25, -0.2) is 0 Å². The van der Waals surface area contributed by atoms with E-state index in [0.29, 0.717) is 17.9 Å². The fraction of sp³-hybridized carbons (Fsp3) is 0.235. The summed E-state index contributed by atoms with van der Waals surface area (Å²) in [5, 5.41) is 0. The molecule has 2 aromatic rings. The molecule has 0 spiro atoms. The molecule has 0 aromatic heterocycles. The van der Waals surface area contributed by atoms with Crippen LogP contribution in [-0.4, -0.2) is 6.29 Å². The van der Waals surface area contributed by atoms with E-state index in [1.165, 1.54) is 5.56 Å². The van der Waals surface area contributed by atoms with E-state index in [2.05, 4.69) is 31.2 Å². The van der Waals surface area contributed by atoms with Crippen LogP contribution in [-0.2, 0) is 13.0 Å². The van der Waals surface area contributed by atoms with E-state index in [4.69, 9.17) is 4.74 Å². The van der Waals surface area contributed by atoms with Gasteiger partial charge in [0.2, 0.25) is 0 Å². The molecule has 0 unspecified atom stereocenters. The zero-order chi connectivity index (χ0) is 13.7. The Bertz CT molecular complexity index is 556. The lowest BCUT2D eigenvalue weighted by molar-refractivity contribution is 0.111. The lowest BCUT2D eigenvalue weighted by atomic mass is 10.1. The van der Waals surface area contributed by atoms with E-state index >= 15 is 0 Å². The largest absolute Gasteiger partial charge is 0.488 e. The molecule has 2 aromatic carbocycles. The molecule has 98 valence electrons. The van der Waals surface area contributed by atoms with Crippen molar-refractivity contribution in [3.05, 3.63) is 64.7 Å². The Morgan fingerprint density at radius 2 is 1.74 bits per heavy atom. The van der Waals surface area contributed by atoms with Crippen LogP contribution in [0.5, 0.6) is 5.75 Å². The van der Waals surface area contributed by atoms with Crippen LogP contribution in [0.25, 0.3) is 0 Å². The van der Waals surface area contributed by atoms with Gasteiger partial charge >= 0.3 is 0 Å². The third-order valence-corrected chi connectivity index (χ3v) is 3.18. The van der Waals surface area contributed by atoms with Crippen molar-refractivity contribution in [2.24, 2.45) is 0 Å². The number of carbonyl (C=O) groups is 1. The third kappa shape index (κ3) is 3.22. The lowest BCUT2D eigenvalue weighted by Crippen LogP contribution is -2.00. The predicted octanol–water partition coefficient (Wildman–Crippen LogP) is 3.95. The van der Waals surface area contributed by atoms with Crippen LogP contribution < -0.4 is 4.74 Å². The maximum Gasteiger partial charge on any atom is 0.153 e. The number of benzene rings is 2. The Labute approximate surface area is 114 Å². The van der Waals surface area contributed by atoms with Crippen LogP contribution in [0.2, 0.25) is 0 Å². The predicted molar refractivity (Wildman–Crippen MR) is 76.7 cm³/mol. The van der Waals surface area contributed by atoms with Crippen LogP contribution in [0, 0.1) is 6.92 Å². The molecule has 0 radical (unpaired) electrons. The summed E-state index contributed by atoms with van der Waals surface area (Å²) < 4.78 is 5.79. The van der Waals surface area contributed by atoms with Crippen LogP contribution in [0.1, 0.15) is 34.0 Å². The molecule has 0 aliphatic carbocycles. The molecule has 0 aliphatic heterocycles. The van der Waals surface area contributed by atoms with E-state index in [1.807, 2.05) is 19.1 Å². The van der Waals surface area contributed by atoms with Gasteiger partial charge in [0, 0.05) is 0 Å². The zero-order valence-corrected chi connectivity index (χ0v) is 11.3. The van der Waals surface area contributed by atoms with Crippen molar-refractivity contribution in [3.8, 4) is 5.75 Å². The quantitative estimate of drug-likeness (QED) is 0.755. The first-order valence-electron chi connectivity index (χ1n) is 6.50. The second kappa shape index (κ2) is 6.19. The van der Waals surface area contributed by atoms with E-state index in [9.17, 15) is 4.79 Å². The molecule has 0 N–H and O–H groups in total. The second-order valence-electron chi connectivity index (χ2n) is 4.57. The van der Waals surface area contributed by atoms with Gasteiger partial charge in [-0.3, -0.25) is 4.79 Å². The SMILES string of the molecule is CCc1ccc(COc2c(C)cccc2C=O)cc1. The van der Waals surface area contributed by atoms with Crippen LogP contribution >= 0.6 is 0 Å². The molecule has 2 heteroatoms. The van der Waals surface area contributed by atoms with Crippen LogP contribution in [0.4, 0.5) is 0 Å². The molecule has 0 bridgehead atoms. The van der Waals surface area contributed by atoms with Gasteiger partial charge in [0.15, 0.2) is 6.29 Å². The van der Waals surface area contributed by atoms with Gasteiger partial charge in [-0.15, -0.1) is 0 Å². The Morgan fingerprint density at radius 3 is 2.37 bits per heavy atom. The monoisotopic (exact) mass is 254 g/mol. The Kier molecular flexibility index (Phi) is 4.35. The smallest absolute Gasteiger partial charge is 0.153 e. The summed E-state index contributed by atoms with van der Waals surface area (Å²) in [6.45, 7) is 4.56. The van der Waals surface area contributed by atoms with Crippen molar-refractivity contribution in [2.75, 3.05) is 0 Å². The van der Waals surface area contributed by atoms with Crippen LogP contribution in [0.15, 0.2) is 42.5 Å². The highest BCUT2D eigenvalue weighted by molar-refractivity contribution is 5.80. The normalized spacial score (nSPS) is 10.2. The Hall–Kier alpha value is -2.09. The number of ether oxygens (including phenoxy) is 1. The van der Waals surface area contributed by atoms with Crippen molar-refractivity contribution in [1.82, 2.24) is 0 Å². The second-order valence-corrected chi connectivity index (χ2v) is 4.57. The minimum Gasteiger partial charge on any atom is -0.488 e. The highest BCUT2D eigenvalue weighted by atomic mass is 16.5. The van der Waals surface area contributed by atoms with Crippen molar-refractivity contribution >= 4 is 6.29 Å². The van der Waals surface area contributed by atoms with Gasteiger partial charge in [-0.1, -0.05) is 43.3 Å². The molecular formula is C17H18O2. The summed E-state index contributed by atoms with van der Waals surface area (Å²) in [6.07, 6.45) is 1.87. The molecule has 0 fully saturated rings. The summed E-state index contributed by atoms with van der Waals surface area (Å²) in [7, 11) is 0. The van der Waals surface area contributed by atoms with Crippen molar-refractivity contribution in [2.45, 2.75) is 26.9 Å². The van der Waals surface area contributed by atoms with Gasteiger partial charge in [0.1, 0.15) is 12.4 Å². The number of aryl methyl sites for hydroxylation is 2. The number of rotatable bonds is 5. The molecular weight excluding hydrogens is 236 g/mol. The molecule has 2 nitrogen and oxygen atoms in total. The number of aldehydes is 1. The molecule has 2 rings (SSSR count). The zero-order valence-electron chi connectivity index (χ0n) is 11.3. The Morgan fingerprint density at radius 1 is 1.05 bits per heavy atom. The molecule has 0 amide bonds. The summed E-state index contributed by atoms with van der Waals surface area (Å²) >= 11 is 0. The summed E-state index contributed by atoms with van der Waals surface area (Å²) in [5.74, 6) is 0.678. The number of hydrogen-bond donors (Lipinski definition) is 0. The summed E-state index contributed by atoms with van der Waals surface area (Å²) in [5.41, 5.74) is 4.01. The standard InChI is InChI=1S/C17H18O2/c1-3-14-7-9-15(10-8-14)12-19-17-13(2)5-4-6-16(17)11-18/h4-11H,3,12H2,1-2H3. The highest BCUT2D eigenvalue weighted by Crippen LogP contribution is 2.23. The third-order valence-electron chi connectivity index (χ3n) is 3.18. The molecule has 0 aliphatic rings. The molecule has 0 saturated carbocycles. The molecule has 19 heavy (non-hydrogen) atoms. The maximum absolute atomic E-state index is 11.0. The van der Waals surface area contributed by atoms with Gasteiger partial charge in [0.05, 0.1) is 5.56 Å². The lowest BCUT2D eigenvalue weighted by Gasteiger charge is -2.11. The molecule has 0 heterocycles. The number of carbonyl (C=O) groups excluding carboxylic acids is 1. The first kappa shape index (κ1) is 13.3. The fourth-order valence-corrected chi connectivity index (χ4v) is 1.99. The van der Waals surface area contributed by atoms with Gasteiger partial charge in [0.25, 0.3) is 0 Å². The minimum atomic E-state index is 0.482. The molecule has 0 saturated heterocycles. The highest BCUT2D eigenvalue weighted by Gasteiger charge is 2.06. The number of para-hydroxylation sites is 1. The maximum atomic E-state index is 11.0. The average molecular weight is 254 g/mol. The van der Waals surface area contributed by atoms with Crippen molar-refractivity contribution in [3.63, 3.8) is 0 Å². The average Bonchev–Trinajstić information content (AvgIpc) is 2.46. The summed E-state index contributed by atoms with van der Waals surface area (Å²) in [6, 6.07) is 13.9. The van der Waals surface area contributed by atoms with E-state index in [-0.39, 0.29) is 0 Å². The van der Waals surface area contributed by atoms with Crippen molar-refractivity contribution in [1.29, 1.82) is 0 Å². The summed E-state index contributed by atoms with van der Waals surface area (Å²) in [4.78, 5) is 11.0. The van der Waals surface area contributed by atoms with Gasteiger partial charge in [-0.05, 0) is 36.1 Å². The number of hydrogen-bond acceptors (Lipinski definition) is 2. The minimum absolute atomic E-state index is 0.482. The van der Waals surface area contributed by atoms with Crippen LogP contribution in [0.3, 0.4) is 0 Å². The first-order chi connectivity index (χ1) is 9.24. The van der Waals surface area contributed by atoms with Crippen molar-refractivity contribution < 1.29 is 9.53 Å². The molecule has 0 atom stereocenters. The van der Waals surface area contributed by atoms with E-state index < -0.39 is 0 Å². The Balaban J connectivity index is 2.11. The van der Waals surface area contributed by atoms with Gasteiger partial charge in [-0.2, -0.15) is 0 Å². The first-order valence-corrected chi connectivity index (χ1v) is 6.50. The van der Waals surface area contributed by atoms with E-state index in [1.54, 1.807) is 6.07 Å². The fourth-order valence-electron chi connectivity index (χ4n) is 1.99. The topological polar surface area (TPSA) is 26.3 Å². The van der Waals surface area contributed by atoms with E-state index in [0.717, 1.165) is 23.8 Å². The van der Waals surface area contributed by atoms with Gasteiger partial charge < -0.3 is 4.74 Å².